The maximum Gasteiger partial charge on any atom is 0.320 e. The number of aliphatic carboxylic acids is 1. The molecule has 4 nitrogen and oxygen atoms in total. The van der Waals surface area contributed by atoms with E-state index in [1.165, 1.54) is 0 Å². The third-order valence-corrected chi connectivity index (χ3v) is 2.54. The number of H-pyrrole nitrogens is 1. The number of rotatable bonds is 4. The van der Waals surface area contributed by atoms with Crippen LogP contribution in [-0.2, 0) is 11.2 Å². The van der Waals surface area contributed by atoms with Gasteiger partial charge in [0.15, 0.2) is 0 Å². The van der Waals surface area contributed by atoms with Crippen LogP contribution in [-0.4, -0.2) is 22.1 Å². The molecule has 4 N–H and O–H groups in total. The molecule has 1 aromatic rings. The average Bonchev–Trinajstić information content (AvgIpc) is 2.68. The first kappa shape index (κ1) is 13.3. The predicted molar refractivity (Wildman–Crippen MR) is 68.8 cm³/mol. The SMILES string of the molecule is C\C=C/C=c1/c(CC(N)C(=O)O)c[nH]/c1=C/C. The van der Waals surface area contributed by atoms with Crippen molar-refractivity contribution in [3.63, 3.8) is 0 Å². The summed E-state index contributed by atoms with van der Waals surface area (Å²) < 4.78 is 0. The van der Waals surface area contributed by atoms with Gasteiger partial charge in [-0.25, -0.2) is 0 Å². The van der Waals surface area contributed by atoms with E-state index in [-0.39, 0.29) is 0 Å². The molecule has 0 fully saturated rings. The number of hydrogen-bond acceptors (Lipinski definition) is 2. The normalized spacial score (nSPS) is 15.7. The molecule has 0 bridgehead atoms. The first-order valence-corrected chi connectivity index (χ1v) is 5.54. The van der Waals surface area contributed by atoms with E-state index in [4.69, 9.17) is 10.8 Å². The number of carbonyl (C=O) groups is 1. The second-order valence-electron chi connectivity index (χ2n) is 3.77. The smallest absolute Gasteiger partial charge is 0.320 e. The number of carboxylic acid groups (broad SMARTS) is 1. The van der Waals surface area contributed by atoms with Crippen molar-refractivity contribution in [2.45, 2.75) is 26.3 Å². The molecule has 4 heteroatoms. The molecule has 1 rings (SSSR count). The molecule has 92 valence electrons. The standard InChI is InChI=1S/C13H18N2O2/c1-3-5-6-10-9(7-11(14)13(16)17)8-15-12(10)4-2/h3-6,8,11,15H,7,14H2,1-2H3,(H,16,17)/b5-3-,10-6-,12-4+. The summed E-state index contributed by atoms with van der Waals surface area (Å²) in [6.07, 6.45) is 9.89. The van der Waals surface area contributed by atoms with Gasteiger partial charge in [-0.1, -0.05) is 24.3 Å². The Morgan fingerprint density at radius 1 is 1.59 bits per heavy atom. The molecule has 17 heavy (non-hydrogen) atoms. The summed E-state index contributed by atoms with van der Waals surface area (Å²) in [5, 5.41) is 10.8. The third kappa shape index (κ3) is 3.32. The van der Waals surface area contributed by atoms with Crippen LogP contribution in [0.4, 0.5) is 0 Å². The van der Waals surface area contributed by atoms with Crippen LogP contribution in [0.25, 0.3) is 12.2 Å². The minimum Gasteiger partial charge on any atom is -0.480 e. The van der Waals surface area contributed by atoms with Crippen molar-refractivity contribution in [1.29, 1.82) is 0 Å². The topological polar surface area (TPSA) is 79.1 Å². The van der Waals surface area contributed by atoms with Crippen molar-refractivity contribution in [3.8, 4) is 0 Å². The maximum atomic E-state index is 10.7. The summed E-state index contributed by atoms with van der Waals surface area (Å²) in [6.45, 7) is 3.86. The number of aromatic nitrogens is 1. The number of hydrogen-bond donors (Lipinski definition) is 3. The fourth-order valence-electron chi connectivity index (χ4n) is 1.61. The highest BCUT2D eigenvalue weighted by Crippen LogP contribution is 1.94. The highest BCUT2D eigenvalue weighted by Gasteiger charge is 2.13. The third-order valence-electron chi connectivity index (χ3n) is 2.54. The van der Waals surface area contributed by atoms with Crippen molar-refractivity contribution >= 4 is 18.1 Å². The minimum absolute atomic E-state index is 0.322. The van der Waals surface area contributed by atoms with Crippen LogP contribution in [0, 0.1) is 0 Å². The second-order valence-corrected chi connectivity index (χ2v) is 3.77. The molecule has 0 aliphatic carbocycles. The fourth-order valence-corrected chi connectivity index (χ4v) is 1.61. The molecule has 0 saturated heterocycles. The van der Waals surface area contributed by atoms with E-state index < -0.39 is 12.0 Å². The van der Waals surface area contributed by atoms with Gasteiger partial charge in [0.05, 0.1) is 0 Å². The van der Waals surface area contributed by atoms with Crippen LogP contribution in [0.15, 0.2) is 18.3 Å². The summed E-state index contributed by atoms with van der Waals surface area (Å²) in [6, 6.07) is -0.867. The highest BCUT2D eigenvalue weighted by atomic mass is 16.4. The van der Waals surface area contributed by atoms with Gasteiger partial charge < -0.3 is 15.8 Å². The largest absolute Gasteiger partial charge is 0.480 e. The van der Waals surface area contributed by atoms with Crippen molar-refractivity contribution in [2.75, 3.05) is 0 Å². The summed E-state index contributed by atoms with van der Waals surface area (Å²) in [7, 11) is 0. The van der Waals surface area contributed by atoms with E-state index in [0.29, 0.717) is 6.42 Å². The number of nitrogens with two attached hydrogens (primary N) is 1. The van der Waals surface area contributed by atoms with E-state index >= 15 is 0 Å². The molecule has 0 amide bonds. The first-order chi connectivity index (χ1) is 8.10. The molecule has 0 aliphatic rings. The van der Waals surface area contributed by atoms with E-state index in [0.717, 1.165) is 16.1 Å². The Labute approximate surface area is 100 Å². The van der Waals surface area contributed by atoms with Crippen LogP contribution in [0.5, 0.6) is 0 Å². The number of nitrogens with one attached hydrogen (secondary N) is 1. The summed E-state index contributed by atoms with van der Waals surface area (Å²) in [5.74, 6) is -0.981. The van der Waals surface area contributed by atoms with Gasteiger partial charge in [0.2, 0.25) is 0 Å². The van der Waals surface area contributed by atoms with E-state index in [1.807, 2.05) is 44.3 Å². The van der Waals surface area contributed by atoms with E-state index in [9.17, 15) is 4.79 Å². The molecule has 1 heterocycles. The lowest BCUT2D eigenvalue weighted by Crippen LogP contribution is -2.35. The Kier molecular flexibility index (Phi) is 4.72. The lowest BCUT2D eigenvalue weighted by Gasteiger charge is -2.03. The van der Waals surface area contributed by atoms with E-state index in [2.05, 4.69) is 4.98 Å². The Bertz CT molecular complexity index is 526. The average molecular weight is 234 g/mol. The van der Waals surface area contributed by atoms with Crippen molar-refractivity contribution < 1.29 is 9.90 Å². The molecular weight excluding hydrogens is 216 g/mol. The molecule has 1 atom stereocenters. The van der Waals surface area contributed by atoms with Crippen LogP contribution >= 0.6 is 0 Å². The quantitative estimate of drug-likeness (QED) is 0.692. The van der Waals surface area contributed by atoms with Gasteiger partial charge >= 0.3 is 5.97 Å². The Morgan fingerprint density at radius 3 is 2.82 bits per heavy atom. The number of allylic oxidation sites excluding steroid dienone is 2. The maximum absolute atomic E-state index is 10.7. The number of carboxylic acids is 1. The molecule has 1 unspecified atom stereocenters. The van der Waals surface area contributed by atoms with Crippen molar-refractivity contribution in [2.24, 2.45) is 5.73 Å². The van der Waals surface area contributed by atoms with Crippen LogP contribution < -0.4 is 16.3 Å². The molecule has 1 aromatic heterocycles. The monoisotopic (exact) mass is 234 g/mol. The van der Waals surface area contributed by atoms with Gasteiger partial charge in [0.25, 0.3) is 0 Å². The van der Waals surface area contributed by atoms with Crippen LogP contribution in [0.2, 0.25) is 0 Å². The van der Waals surface area contributed by atoms with Gasteiger partial charge in [0, 0.05) is 23.2 Å². The summed E-state index contributed by atoms with van der Waals surface area (Å²) in [4.78, 5) is 13.8. The predicted octanol–water partition coefficient (Wildman–Crippen LogP) is 0.126. The molecule has 0 aliphatic heterocycles. The molecule has 0 saturated carbocycles. The lowest BCUT2D eigenvalue weighted by atomic mass is 10.1. The van der Waals surface area contributed by atoms with Gasteiger partial charge in [0.1, 0.15) is 6.04 Å². The van der Waals surface area contributed by atoms with Gasteiger partial charge in [-0.3, -0.25) is 4.79 Å². The highest BCUT2D eigenvalue weighted by molar-refractivity contribution is 5.73. The Hall–Kier alpha value is -1.81. The first-order valence-electron chi connectivity index (χ1n) is 5.54. The van der Waals surface area contributed by atoms with Crippen molar-refractivity contribution in [3.05, 3.63) is 34.5 Å². The van der Waals surface area contributed by atoms with Gasteiger partial charge in [-0.15, -0.1) is 0 Å². The van der Waals surface area contributed by atoms with Crippen molar-refractivity contribution in [1.82, 2.24) is 4.98 Å². The van der Waals surface area contributed by atoms with E-state index in [1.54, 1.807) is 0 Å². The van der Waals surface area contributed by atoms with Gasteiger partial charge in [-0.05, 0) is 19.4 Å². The zero-order valence-corrected chi connectivity index (χ0v) is 10.1. The van der Waals surface area contributed by atoms with Crippen LogP contribution in [0.1, 0.15) is 19.4 Å². The molecule has 0 aromatic carbocycles. The van der Waals surface area contributed by atoms with Crippen LogP contribution in [0.3, 0.4) is 0 Å². The Morgan fingerprint density at radius 2 is 2.29 bits per heavy atom. The summed E-state index contributed by atoms with van der Waals surface area (Å²) in [5.41, 5.74) is 6.46. The zero-order valence-electron chi connectivity index (χ0n) is 10.1. The minimum atomic E-state index is -0.981. The number of aromatic amines is 1. The molecular formula is C13H18N2O2. The zero-order chi connectivity index (χ0) is 12.8. The fraction of sp³-hybridized carbons (Fsp3) is 0.308. The Balaban J connectivity index is 3.18. The lowest BCUT2D eigenvalue weighted by molar-refractivity contribution is -0.138. The summed E-state index contributed by atoms with van der Waals surface area (Å²) >= 11 is 0. The molecule has 0 radical (unpaired) electrons. The molecule has 0 spiro atoms. The second kappa shape index (κ2) is 6.06. The van der Waals surface area contributed by atoms with Gasteiger partial charge in [-0.2, -0.15) is 0 Å².